The van der Waals surface area contributed by atoms with E-state index in [1.165, 1.54) is 16.5 Å². The van der Waals surface area contributed by atoms with Gasteiger partial charge in [0.2, 0.25) is 0 Å². The number of nitrogens with two attached hydrogens (primary N) is 1. The highest BCUT2D eigenvalue weighted by Crippen LogP contribution is 2.16. The van der Waals surface area contributed by atoms with Crippen molar-refractivity contribution < 1.29 is 0 Å². The second-order valence-corrected chi connectivity index (χ2v) is 4.03. The minimum atomic E-state index is 0.787. The first-order valence-electron chi connectivity index (χ1n) is 5.87. The largest absolute Gasteiger partial charge is 0.361 e. The number of fused-ring (bicyclic) bond motifs is 1. The Morgan fingerprint density at radius 2 is 2.12 bits per heavy atom. The van der Waals surface area contributed by atoms with Crippen molar-refractivity contribution in [3.8, 4) is 0 Å². The van der Waals surface area contributed by atoms with Crippen LogP contribution in [0.3, 0.4) is 0 Å². The predicted molar refractivity (Wildman–Crippen MR) is 68.3 cm³/mol. The van der Waals surface area contributed by atoms with Crippen molar-refractivity contribution in [2.45, 2.75) is 19.4 Å². The maximum atomic E-state index is 5.45. The lowest BCUT2D eigenvalue weighted by atomic mass is 10.1. The van der Waals surface area contributed by atoms with Crippen LogP contribution in [-0.2, 0) is 6.54 Å². The van der Waals surface area contributed by atoms with E-state index in [4.69, 9.17) is 5.73 Å². The number of hydrogen-bond donors (Lipinski definition) is 3. The normalized spacial score (nSPS) is 11.1. The first-order chi connectivity index (χ1) is 7.92. The predicted octanol–water partition coefficient (Wildman–Crippen LogP) is 2.00. The summed E-state index contributed by atoms with van der Waals surface area (Å²) in [5.41, 5.74) is 8.01. The van der Waals surface area contributed by atoms with E-state index in [-0.39, 0.29) is 0 Å². The molecule has 0 radical (unpaired) electrons. The summed E-state index contributed by atoms with van der Waals surface area (Å²) in [5.74, 6) is 0. The number of rotatable bonds is 6. The lowest BCUT2D eigenvalue weighted by Gasteiger charge is -2.05. The van der Waals surface area contributed by atoms with Gasteiger partial charge in [-0.25, -0.2) is 0 Å². The van der Waals surface area contributed by atoms with Crippen LogP contribution in [0.4, 0.5) is 0 Å². The molecule has 0 aliphatic carbocycles. The molecule has 2 rings (SSSR count). The van der Waals surface area contributed by atoms with Gasteiger partial charge in [0.15, 0.2) is 0 Å². The van der Waals surface area contributed by atoms with Crippen molar-refractivity contribution in [2.24, 2.45) is 5.73 Å². The highest BCUT2D eigenvalue weighted by atomic mass is 14.8. The van der Waals surface area contributed by atoms with E-state index in [1.807, 2.05) is 6.20 Å². The zero-order valence-electron chi connectivity index (χ0n) is 9.50. The quantitative estimate of drug-likeness (QED) is 0.648. The molecular formula is C13H19N3. The number of aromatic amines is 1. The molecule has 3 heteroatoms. The van der Waals surface area contributed by atoms with Gasteiger partial charge in [-0.1, -0.05) is 12.1 Å². The van der Waals surface area contributed by atoms with Crippen molar-refractivity contribution in [1.29, 1.82) is 0 Å². The average molecular weight is 217 g/mol. The second kappa shape index (κ2) is 5.68. The van der Waals surface area contributed by atoms with Crippen LogP contribution in [0, 0.1) is 0 Å². The van der Waals surface area contributed by atoms with Gasteiger partial charge < -0.3 is 16.0 Å². The molecule has 4 N–H and O–H groups in total. The molecule has 16 heavy (non-hydrogen) atoms. The lowest BCUT2D eigenvalue weighted by Crippen LogP contribution is -2.15. The molecule has 0 bridgehead atoms. The zero-order valence-corrected chi connectivity index (χ0v) is 9.50. The van der Waals surface area contributed by atoms with Crippen molar-refractivity contribution in [1.82, 2.24) is 10.3 Å². The summed E-state index contributed by atoms with van der Waals surface area (Å²) in [7, 11) is 0. The molecule has 0 spiro atoms. The van der Waals surface area contributed by atoms with Gasteiger partial charge in [-0.05, 0) is 43.6 Å². The maximum absolute atomic E-state index is 5.45. The second-order valence-electron chi connectivity index (χ2n) is 4.03. The molecule has 2 aromatic rings. The molecule has 86 valence electrons. The molecule has 0 saturated heterocycles. The molecular weight excluding hydrogens is 198 g/mol. The first kappa shape index (κ1) is 11.2. The van der Waals surface area contributed by atoms with E-state index in [9.17, 15) is 0 Å². The monoisotopic (exact) mass is 217 g/mol. The maximum Gasteiger partial charge on any atom is 0.0457 e. The zero-order chi connectivity index (χ0) is 11.2. The Labute approximate surface area is 96.0 Å². The Morgan fingerprint density at radius 1 is 1.19 bits per heavy atom. The van der Waals surface area contributed by atoms with Crippen LogP contribution < -0.4 is 11.1 Å². The fraction of sp³-hybridized carbons (Fsp3) is 0.385. The van der Waals surface area contributed by atoms with Gasteiger partial charge >= 0.3 is 0 Å². The molecule has 0 aliphatic rings. The van der Waals surface area contributed by atoms with Crippen LogP contribution in [0.5, 0.6) is 0 Å². The Balaban J connectivity index is 1.91. The van der Waals surface area contributed by atoms with E-state index < -0.39 is 0 Å². The number of aromatic nitrogens is 1. The summed E-state index contributed by atoms with van der Waals surface area (Å²) in [5, 5.41) is 4.76. The third-order valence-corrected chi connectivity index (χ3v) is 2.81. The van der Waals surface area contributed by atoms with Crippen LogP contribution in [0.2, 0.25) is 0 Å². The Morgan fingerprint density at radius 3 is 3.00 bits per heavy atom. The summed E-state index contributed by atoms with van der Waals surface area (Å²) >= 11 is 0. The minimum absolute atomic E-state index is 0.787. The van der Waals surface area contributed by atoms with Gasteiger partial charge in [-0.3, -0.25) is 0 Å². The van der Waals surface area contributed by atoms with E-state index >= 15 is 0 Å². The molecule has 0 amide bonds. The highest BCUT2D eigenvalue weighted by Gasteiger charge is 2.00. The third-order valence-electron chi connectivity index (χ3n) is 2.81. The van der Waals surface area contributed by atoms with Gasteiger partial charge in [0.1, 0.15) is 0 Å². The Kier molecular flexibility index (Phi) is 3.97. The fourth-order valence-electron chi connectivity index (χ4n) is 1.92. The number of nitrogens with one attached hydrogen (secondary N) is 2. The first-order valence-corrected chi connectivity index (χ1v) is 5.87. The number of unbranched alkanes of at least 4 members (excludes halogenated alkanes) is 1. The minimum Gasteiger partial charge on any atom is -0.361 e. The van der Waals surface area contributed by atoms with E-state index in [2.05, 4.69) is 34.6 Å². The Hall–Kier alpha value is -1.32. The molecule has 1 heterocycles. The van der Waals surface area contributed by atoms with E-state index in [0.717, 1.165) is 32.5 Å². The lowest BCUT2D eigenvalue weighted by molar-refractivity contribution is 0.629. The van der Waals surface area contributed by atoms with Crippen molar-refractivity contribution in [3.05, 3.63) is 36.0 Å². The number of H-pyrrole nitrogens is 1. The van der Waals surface area contributed by atoms with E-state index in [0.29, 0.717) is 0 Å². The molecule has 0 aliphatic heterocycles. The van der Waals surface area contributed by atoms with Gasteiger partial charge in [0.25, 0.3) is 0 Å². The molecule has 0 unspecified atom stereocenters. The fourth-order valence-corrected chi connectivity index (χ4v) is 1.92. The van der Waals surface area contributed by atoms with Crippen molar-refractivity contribution in [2.75, 3.05) is 13.1 Å². The average Bonchev–Trinajstić information content (AvgIpc) is 2.77. The van der Waals surface area contributed by atoms with Gasteiger partial charge in [0.05, 0.1) is 0 Å². The molecule has 3 nitrogen and oxygen atoms in total. The van der Waals surface area contributed by atoms with Gasteiger partial charge in [-0.2, -0.15) is 0 Å². The van der Waals surface area contributed by atoms with Crippen molar-refractivity contribution >= 4 is 10.9 Å². The number of hydrogen-bond acceptors (Lipinski definition) is 2. The van der Waals surface area contributed by atoms with Crippen LogP contribution in [0.25, 0.3) is 10.9 Å². The summed E-state index contributed by atoms with van der Waals surface area (Å²) in [6.07, 6.45) is 4.24. The van der Waals surface area contributed by atoms with Crippen LogP contribution in [0.15, 0.2) is 30.5 Å². The highest BCUT2D eigenvalue weighted by molar-refractivity contribution is 5.82. The smallest absolute Gasteiger partial charge is 0.0457 e. The summed E-state index contributed by atoms with van der Waals surface area (Å²) in [6, 6.07) is 8.50. The molecule has 1 aromatic carbocycles. The van der Waals surface area contributed by atoms with Crippen LogP contribution in [-0.4, -0.2) is 18.1 Å². The third kappa shape index (κ3) is 2.62. The standard InChI is InChI=1S/C13H19N3/c14-7-1-2-8-15-10-11-4-3-5-13-12(11)6-9-16-13/h3-6,9,15-16H,1-2,7-8,10,14H2. The molecule has 0 saturated carbocycles. The molecule has 0 atom stereocenters. The van der Waals surface area contributed by atoms with Gasteiger partial charge in [-0.15, -0.1) is 0 Å². The van der Waals surface area contributed by atoms with Crippen LogP contribution in [0.1, 0.15) is 18.4 Å². The molecule has 0 fully saturated rings. The Bertz CT molecular complexity index is 433. The summed E-state index contributed by atoms with van der Waals surface area (Å²) < 4.78 is 0. The van der Waals surface area contributed by atoms with Crippen LogP contribution >= 0.6 is 0 Å². The number of benzene rings is 1. The topological polar surface area (TPSA) is 53.8 Å². The van der Waals surface area contributed by atoms with Gasteiger partial charge in [0, 0.05) is 23.6 Å². The molecule has 1 aromatic heterocycles. The van der Waals surface area contributed by atoms with E-state index in [1.54, 1.807) is 0 Å². The SMILES string of the molecule is NCCCCNCc1cccc2[nH]ccc12. The van der Waals surface area contributed by atoms with Crippen molar-refractivity contribution in [3.63, 3.8) is 0 Å². The summed E-state index contributed by atoms with van der Waals surface area (Å²) in [6.45, 7) is 2.76. The summed E-state index contributed by atoms with van der Waals surface area (Å²) in [4.78, 5) is 3.23.